The topological polar surface area (TPSA) is 110 Å². The standard InChI is InChI=1S/C17H16O7/c1-7-9(5-6-10(12(7)18)17(21)22)11-8(2)13(19)15(23-3)16(24-4)14(11)20/h5-6,18H,1-4H3,(H,21,22). The summed E-state index contributed by atoms with van der Waals surface area (Å²) in [7, 11) is 2.51. The fourth-order valence-corrected chi connectivity index (χ4v) is 2.61. The summed E-state index contributed by atoms with van der Waals surface area (Å²) in [6.07, 6.45) is 0. The van der Waals surface area contributed by atoms with Crippen LogP contribution >= 0.6 is 0 Å². The van der Waals surface area contributed by atoms with Crippen LogP contribution in [0.3, 0.4) is 0 Å². The maximum atomic E-state index is 12.7. The summed E-state index contributed by atoms with van der Waals surface area (Å²) in [5, 5.41) is 19.1. The summed E-state index contributed by atoms with van der Waals surface area (Å²) in [6, 6.07) is 2.56. The number of aromatic carboxylic acids is 1. The second-order valence-electron chi connectivity index (χ2n) is 5.16. The summed E-state index contributed by atoms with van der Waals surface area (Å²) in [5.41, 5.74) is 0.328. The van der Waals surface area contributed by atoms with Crippen LogP contribution in [0.25, 0.3) is 5.57 Å². The first kappa shape index (κ1) is 17.3. The maximum absolute atomic E-state index is 12.7. The van der Waals surface area contributed by atoms with E-state index in [0.29, 0.717) is 0 Å². The van der Waals surface area contributed by atoms with Gasteiger partial charge in [0.05, 0.1) is 14.2 Å². The Hall–Kier alpha value is -3.09. The van der Waals surface area contributed by atoms with Crippen molar-refractivity contribution in [1.82, 2.24) is 0 Å². The number of carbonyl (C=O) groups excluding carboxylic acids is 2. The van der Waals surface area contributed by atoms with E-state index in [9.17, 15) is 19.5 Å². The third-order valence-electron chi connectivity index (χ3n) is 3.90. The molecule has 1 aromatic carbocycles. The predicted octanol–water partition coefficient (Wildman–Crippen LogP) is 1.83. The number of ether oxygens (including phenoxy) is 2. The normalized spacial score (nSPS) is 15.0. The summed E-state index contributed by atoms with van der Waals surface area (Å²) in [5.74, 6) is -3.25. The van der Waals surface area contributed by atoms with Gasteiger partial charge in [0.2, 0.25) is 23.1 Å². The van der Waals surface area contributed by atoms with Gasteiger partial charge in [-0.15, -0.1) is 0 Å². The Kier molecular flexibility index (Phi) is 4.45. The molecule has 0 unspecified atom stereocenters. The maximum Gasteiger partial charge on any atom is 0.339 e. The van der Waals surface area contributed by atoms with Gasteiger partial charge in [0.15, 0.2) is 0 Å². The fourth-order valence-electron chi connectivity index (χ4n) is 2.61. The number of phenols is 1. The zero-order valence-electron chi connectivity index (χ0n) is 13.6. The van der Waals surface area contributed by atoms with Crippen LogP contribution in [0.2, 0.25) is 0 Å². The van der Waals surface area contributed by atoms with Crippen molar-refractivity contribution in [3.63, 3.8) is 0 Å². The van der Waals surface area contributed by atoms with Crippen molar-refractivity contribution in [2.24, 2.45) is 0 Å². The smallest absolute Gasteiger partial charge is 0.339 e. The van der Waals surface area contributed by atoms with E-state index >= 15 is 0 Å². The lowest BCUT2D eigenvalue weighted by atomic mass is 9.85. The average Bonchev–Trinajstić information content (AvgIpc) is 2.54. The van der Waals surface area contributed by atoms with Crippen molar-refractivity contribution in [2.45, 2.75) is 13.8 Å². The number of Topliss-reactive ketones (excluding diaryl/α,β-unsaturated/α-hetero) is 2. The number of carbonyl (C=O) groups is 3. The molecule has 0 fully saturated rings. The second-order valence-corrected chi connectivity index (χ2v) is 5.16. The molecule has 0 amide bonds. The summed E-state index contributed by atoms with van der Waals surface area (Å²) in [4.78, 5) is 36.2. The van der Waals surface area contributed by atoms with Crippen molar-refractivity contribution in [3.05, 3.63) is 45.9 Å². The Morgan fingerprint density at radius 2 is 1.54 bits per heavy atom. The molecule has 1 aliphatic rings. The molecule has 0 saturated carbocycles. The lowest BCUT2D eigenvalue weighted by Gasteiger charge is -2.22. The van der Waals surface area contributed by atoms with E-state index in [2.05, 4.69) is 0 Å². The molecule has 7 nitrogen and oxygen atoms in total. The van der Waals surface area contributed by atoms with Gasteiger partial charge in [-0.25, -0.2) is 4.79 Å². The van der Waals surface area contributed by atoms with Gasteiger partial charge in [0.25, 0.3) is 0 Å². The number of allylic oxidation sites excluding steroid dienone is 2. The van der Waals surface area contributed by atoms with Gasteiger partial charge in [0, 0.05) is 11.1 Å². The number of hydrogen-bond donors (Lipinski definition) is 2. The quantitative estimate of drug-likeness (QED) is 0.809. The molecule has 0 bridgehead atoms. The highest BCUT2D eigenvalue weighted by Gasteiger charge is 2.36. The molecule has 7 heteroatoms. The van der Waals surface area contributed by atoms with E-state index in [4.69, 9.17) is 14.6 Å². The molecule has 0 radical (unpaired) electrons. The minimum absolute atomic E-state index is 0.0439. The van der Waals surface area contributed by atoms with Crippen LogP contribution in [0, 0.1) is 6.92 Å². The summed E-state index contributed by atoms with van der Waals surface area (Å²) >= 11 is 0. The van der Waals surface area contributed by atoms with Crippen LogP contribution in [0.1, 0.15) is 28.4 Å². The van der Waals surface area contributed by atoms with Gasteiger partial charge < -0.3 is 19.7 Å². The Bertz CT molecular complexity index is 828. The Balaban J connectivity index is 2.71. The molecule has 0 aromatic heterocycles. The van der Waals surface area contributed by atoms with Crippen molar-refractivity contribution >= 4 is 23.1 Å². The highest BCUT2D eigenvalue weighted by atomic mass is 16.5. The lowest BCUT2D eigenvalue weighted by Crippen LogP contribution is -2.24. The lowest BCUT2D eigenvalue weighted by molar-refractivity contribution is -0.119. The fraction of sp³-hybridized carbons (Fsp3) is 0.235. The van der Waals surface area contributed by atoms with Crippen molar-refractivity contribution in [1.29, 1.82) is 0 Å². The number of benzene rings is 1. The van der Waals surface area contributed by atoms with Gasteiger partial charge >= 0.3 is 5.97 Å². The molecule has 2 N–H and O–H groups in total. The zero-order chi connectivity index (χ0) is 18.2. The zero-order valence-corrected chi connectivity index (χ0v) is 13.6. The van der Waals surface area contributed by atoms with Gasteiger partial charge in [-0.3, -0.25) is 9.59 Å². The SMILES string of the molecule is COC1=C(OC)C(=O)C(c2ccc(C(=O)O)c(O)c2C)=C(C)C1=O. The first-order valence-electron chi connectivity index (χ1n) is 6.95. The van der Waals surface area contributed by atoms with Crippen LogP contribution in [-0.2, 0) is 19.1 Å². The first-order valence-corrected chi connectivity index (χ1v) is 6.95. The number of methoxy groups -OCH3 is 2. The molecule has 0 saturated heterocycles. The molecule has 126 valence electrons. The largest absolute Gasteiger partial charge is 0.507 e. The third-order valence-corrected chi connectivity index (χ3v) is 3.90. The molecule has 0 spiro atoms. The molecular formula is C17H16O7. The molecule has 0 heterocycles. The molecule has 24 heavy (non-hydrogen) atoms. The molecule has 2 rings (SSSR count). The molecule has 0 atom stereocenters. The number of aromatic hydroxyl groups is 1. The predicted molar refractivity (Wildman–Crippen MR) is 83.5 cm³/mol. The van der Waals surface area contributed by atoms with Gasteiger partial charge in [-0.1, -0.05) is 6.07 Å². The minimum Gasteiger partial charge on any atom is -0.507 e. The van der Waals surface area contributed by atoms with E-state index in [1.807, 2.05) is 0 Å². The van der Waals surface area contributed by atoms with Gasteiger partial charge in [0.1, 0.15) is 11.3 Å². The number of carboxylic acids is 1. The average molecular weight is 332 g/mol. The third kappa shape index (κ3) is 2.44. The number of carboxylic acid groups (broad SMARTS) is 1. The Labute approximate surface area is 137 Å². The summed E-state index contributed by atoms with van der Waals surface area (Å²) < 4.78 is 9.96. The van der Waals surface area contributed by atoms with Crippen LogP contribution in [0.15, 0.2) is 29.2 Å². The van der Waals surface area contributed by atoms with Crippen molar-refractivity contribution in [3.8, 4) is 5.75 Å². The molecule has 0 aliphatic heterocycles. The van der Waals surface area contributed by atoms with Crippen molar-refractivity contribution < 1.29 is 34.1 Å². The van der Waals surface area contributed by atoms with E-state index in [1.165, 1.54) is 40.2 Å². The number of hydrogen-bond acceptors (Lipinski definition) is 6. The van der Waals surface area contributed by atoms with Crippen LogP contribution in [-0.4, -0.2) is 42.0 Å². The highest BCUT2D eigenvalue weighted by molar-refractivity contribution is 6.38. The minimum atomic E-state index is -1.29. The van der Waals surface area contributed by atoms with E-state index in [-0.39, 0.29) is 39.4 Å². The van der Waals surface area contributed by atoms with E-state index in [1.54, 1.807) is 0 Å². The Morgan fingerprint density at radius 1 is 1.00 bits per heavy atom. The van der Waals surface area contributed by atoms with Crippen molar-refractivity contribution in [2.75, 3.05) is 14.2 Å². The highest BCUT2D eigenvalue weighted by Crippen LogP contribution is 2.36. The molecule has 1 aromatic rings. The van der Waals surface area contributed by atoms with Gasteiger partial charge in [-0.05, 0) is 31.0 Å². The Morgan fingerprint density at radius 3 is 2.04 bits per heavy atom. The van der Waals surface area contributed by atoms with E-state index < -0.39 is 23.3 Å². The molecule has 1 aliphatic carbocycles. The molecular weight excluding hydrogens is 316 g/mol. The second kappa shape index (κ2) is 6.19. The summed E-state index contributed by atoms with van der Waals surface area (Å²) in [6.45, 7) is 2.93. The van der Waals surface area contributed by atoms with Crippen LogP contribution in [0.5, 0.6) is 5.75 Å². The van der Waals surface area contributed by atoms with Gasteiger partial charge in [-0.2, -0.15) is 0 Å². The van der Waals surface area contributed by atoms with Crippen LogP contribution in [0.4, 0.5) is 0 Å². The number of ketones is 2. The van der Waals surface area contributed by atoms with Crippen LogP contribution < -0.4 is 0 Å². The first-order chi connectivity index (χ1) is 11.3. The monoisotopic (exact) mass is 332 g/mol. The van der Waals surface area contributed by atoms with E-state index in [0.717, 1.165) is 0 Å². The number of rotatable bonds is 4.